The van der Waals surface area contributed by atoms with Gasteiger partial charge in [0.05, 0.1) is 34.6 Å². The van der Waals surface area contributed by atoms with Crippen molar-refractivity contribution in [2.24, 2.45) is 5.92 Å². The van der Waals surface area contributed by atoms with Crippen molar-refractivity contribution in [2.45, 2.75) is 94.1 Å². The molecule has 2 aliphatic heterocycles. The van der Waals surface area contributed by atoms with E-state index in [4.69, 9.17) is 31.0 Å². The number of benzene rings is 1. The van der Waals surface area contributed by atoms with Crippen molar-refractivity contribution in [2.75, 3.05) is 27.2 Å². The molecule has 1 saturated heterocycles. The number of hydrogen-bond donors (Lipinski definition) is 2. The maximum atomic E-state index is 14.3. The van der Waals surface area contributed by atoms with E-state index in [0.717, 1.165) is 25.0 Å². The Kier molecular flexibility index (Phi) is 9.90. The Bertz CT molecular complexity index is 2100. The van der Waals surface area contributed by atoms with Crippen LogP contribution in [0.1, 0.15) is 77.3 Å². The van der Waals surface area contributed by atoms with Crippen LogP contribution in [-0.4, -0.2) is 95.7 Å². The van der Waals surface area contributed by atoms with Crippen LogP contribution < -0.4 is 19.5 Å². The second kappa shape index (κ2) is 14.0. The van der Waals surface area contributed by atoms with E-state index in [9.17, 15) is 22.8 Å². The number of halogens is 1. The number of carbonyl (C=O) groups excluding carboxylic acids is 3. The number of allylic oxidation sites excluding steroid dienone is 1. The highest BCUT2D eigenvalue weighted by Crippen LogP contribution is 2.48. The van der Waals surface area contributed by atoms with Gasteiger partial charge in [-0.15, -0.1) is 11.3 Å². The summed E-state index contributed by atoms with van der Waals surface area (Å²) in [6.07, 6.45) is 6.84. The second-order valence-corrected chi connectivity index (χ2v) is 18.6. The third kappa shape index (κ3) is 7.19. The summed E-state index contributed by atoms with van der Waals surface area (Å²) in [6, 6.07) is 3.72. The van der Waals surface area contributed by atoms with Crippen LogP contribution in [0.2, 0.25) is 5.02 Å². The van der Waals surface area contributed by atoms with Gasteiger partial charge in [-0.2, -0.15) is 0 Å². The molecule has 4 heterocycles. The van der Waals surface area contributed by atoms with Crippen LogP contribution in [0.3, 0.4) is 0 Å². The average molecular weight is 785 g/mol. The molecule has 2 aliphatic carbocycles. The summed E-state index contributed by atoms with van der Waals surface area (Å²) >= 11 is 8.21. The summed E-state index contributed by atoms with van der Waals surface area (Å²) in [4.78, 5) is 54.7. The van der Waals surface area contributed by atoms with Gasteiger partial charge in [-0.25, -0.2) is 23.2 Å². The molecular formula is C37H45ClN6O7S2. The van der Waals surface area contributed by atoms with Crippen molar-refractivity contribution in [3.05, 3.63) is 46.4 Å². The van der Waals surface area contributed by atoms with Crippen molar-refractivity contribution in [1.29, 1.82) is 0 Å². The molecule has 2 saturated carbocycles. The largest absolute Gasteiger partial charge is 0.497 e. The molecular weight excluding hydrogens is 740 g/mol. The number of methoxy groups -OCH3 is 1. The number of pyridine rings is 1. The summed E-state index contributed by atoms with van der Waals surface area (Å²) < 4.78 is 39.6. The van der Waals surface area contributed by atoms with Gasteiger partial charge < -0.3 is 24.6 Å². The van der Waals surface area contributed by atoms with Gasteiger partial charge >= 0.3 is 6.03 Å². The summed E-state index contributed by atoms with van der Waals surface area (Å²) in [5, 5.41) is 6.53. The first-order valence-corrected chi connectivity index (χ1v) is 20.8. The van der Waals surface area contributed by atoms with Gasteiger partial charge in [-0.3, -0.25) is 14.3 Å². The van der Waals surface area contributed by atoms with E-state index in [0.29, 0.717) is 57.5 Å². The van der Waals surface area contributed by atoms with Gasteiger partial charge in [0, 0.05) is 48.8 Å². The minimum Gasteiger partial charge on any atom is -0.497 e. The van der Waals surface area contributed by atoms with Crippen molar-refractivity contribution in [3.63, 3.8) is 0 Å². The molecule has 0 bridgehead atoms. The van der Waals surface area contributed by atoms with Gasteiger partial charge in [0.1, 0.15) is 39.9 Å². The molecule has 4 amide bonds. The molecule has 7 rings (SSSR count). The lowest BCUT2D eigenvalue weighted by atomic mass is 10.1. The fraction of sp³-hybridized carbons (Fsp3) is 0.541. The Morgan fingerprint density at radius 1 is 1.17 bits per heavy atom. The highest BCUT2D eigenvalue weighted by molar-refractivity contribution is 7.91. The van der Waals surface area contributed by atoms with Crippen LogP contribution in [0.4, 0.5) is 4.79 Å². The number of sulfonamides is 1. The summed E-state index contributed by atoms with van der Waals surface area (Å²) in [7, 11) is -0.689. The van der Waals surface area contributed by atoms with Crippen molar-refractivity contribution >= 4 is 61.7 Å². The first-order chi connectivity index (χ1) is 25.1. The van der Waals surface area contributed by atoms with E-state index in [1.165, 1.54) is 16.2 Å². The molecule has 3 fully saturated rings. The molecule has 0 spiro atoms. The molecule has 16 heteroatoms. The van der Waals surface area contributed by atoms with Crippen LogP contribution in [-0.2, 0) is 19.6 Å². The predicted octanol–water partition coefficient (Wildman–Crippen LogP) is 5.63. The zero-order chi connectivity index (χ0) is 37.9. The Hall–Kier alpha value is -3.95. The predicted molar refractivity (Wildman–Crippen MR) is 203 cm³/mol. The van der Waals surface area contributed by atoms with Crippen LogP contribution >= 0.6 is 22.9 Å². The van der Waals surface area contributed by atoms with Crippen molar-refractivity contribution in [3.8, 4) is 22.2 Å². The third-order valence-electron chi connectivity index (χ3n) is 10.9. The number of likely N-dealkylation sites (N-methyl/N-ethyl adjacent to an activating group) is 1. The van der Waals surface area contributed by atoms with Crippen molar-refractivity contribution in [1.82, 2.24) is 29.8 Å². The van der Waals surface area contributed by atoms with Crippen LogP contribution in [0.25, 0.3) is 21.6 Å². The molecule has 2 N–H and O–H groups in total. The van der Waals surface area contributed by atoms with E-state index in [1.807, 2.05) is 17.5 Å². The van der Waals surface area contributed by atoms with E-state index >= 15 is 0 Å². The van der Waals surface area contributed by atoms with E-state index in [-0.39, 0.29) is 31.2 Å². The Morgan fingerprint density at radius 2 is 1.94 bits per heavy atom. The molecule has 2 aromatic heterocycles. The fourth-order valence-electron chi connectivity index (χ4n) is 7.01. The molecule has 53 heavy (non-hydrogen) atoms. The maximum Gasteiger partial charge on any atom is 0.319 e. The lowest BCUT2D eigenvalue weighted by Crippen LogP contribution is -2.58. The number of nitrogens with one attached hydrogen (secondary N) is 2. The van der Waals surface area contributed by atoms with Gasteiger partial charge in [0.15, 0.2) is 0 Å². The van der Waals surface area contributed by atoms with Gasteiger partial charge in [0.2, 0.25) is 15.9 Å². The maximum absolute atomic E-state index is 14.3. The smallest absolute Gasteiger partial charge is 0.319 e. The number of hydrogen-bond acceptors (Lipinski definition) is 10. The normalized spacial score (nSPS) is 26.4. The molecule has 1 aromatic carbocycles. The zero-order valence-corrected chi connectivity index (χ0v) is 32.9. The first-order valence-electron chi connectivity index (χ1n) is 18.0. The Labute approximate surface area is 318 Å². The minimum absolute atomic E-state index is 0.0241. The number of nitrogens with zero attached hydrogens (tertiary/aromatic N) is 4. The highest BCUT2D eigenvalue weighted by atomic mass is 35.5. The number of fused-ring (bicyclic) bond motifs is 3. The van der Waals surface area contributed by atoms with E-state index in [1.54, 1.807) is 44.2 Å². The number of ether oxygens (including phenoxy) is 2. The Morgan fingerprint density at radius 3 is 2.64 bits per heavy atom. The number of urea groups is 1. The SMILES string of the molecule is COc1cc(Cl)c2nc(-c3nc(C(C)C)cs3)cc(O[C@H]3C[C@H]4C(=O)N(C)CCCC/C=C\[C@@H]5C[C@@]5(C(=O)NS(=O)(=O)C5(C)CC5)NC(=O)N4C3)c2c1. The highest BCUT2D eigenvalue weighted by Gasteiger charge is 2.63. The quantitative estimate of drug-likeness (QED) is 0.276. The zero-order valence-electron chi connectivity index (χ0n) is 30.5. The van der Waals surface area contributed by atoms with Gasteiger partial charge in [0.25, 0.3) is 5.91 Å². The third-order valence-corrected chi connectivity index (χ3v) is 14.2. The van der Waals surface area contributed by atoms with Crippen LogP contribution in [0.5, 0.6) is 11.5 Å². The molecule has 3 aromatic rings. The Balaban J connectivity index is 1.21. The van der Waals surface area contributed by atoms with Crippen LogP contribution in [0.15, 0.2) is 35.7 Å². The fourth-order valence-corrected chi connectivity index (χ4v) is 9.51. The van der Waals surface area contributed by atoms with Crippen molar-refractivity contribution < 1.29 is 32.3 Å². The molecule has 4 atom stereocenters. The lowest BCUT2D eigenvalue weighted by molar-refractivity contribution is -0.134. The molecule has 4 aliphatic rings. The summed E-state index contributed by atoms with van der Waals surface area (Å²) in [5.41, 5.74) is 0.522. The van der Waals surface area contributed by atoms with Gasteiger partial charge in [-0.1, -0.05) is 37.6 Å². The second-order valence-electron chi connectivity index (χ2n) is 15.2. The number of carbonyl (C=O) groups is 3. The molecule has 284 valence electrons. The van der Waals surface area contributed by atoms with Crippen LogP contribution in [0, 0.1) is 5.92 Å². The summed E-state index contributed by atoms with van der Waals surface area (Å²) in [6.45, 7) is 6.28. The van der Waals surface area contributed by atoms with E-state index in [2.05, 4.69) is 23.9 Å². The number of amides is 4. The van der Waals surface area contributed by atoms with Gasteiger partial charge in [-0.05, 0) is 57.4 Å². The molecule has 0 radical (unpaired) electrons. The number of thiazole rings is 1. The monoisotopic (exact) mass is 784 g/mol. The molecule has 13 nitrogen and oxygen atoms in total. The number of rotatable bonds is 8. The first kappa shape index (κ1) is 37.4. The standard InChI is InChI=1S/C37H45ClN6O7S2/c1-21(2)28-20-52-32(40-28)27-17-30(25-14-23(50-5)15-26(38)31(25)39-27)51-24-16-29-33(45)43(4)13-9-7-6-8-10-22-18-37(22,41-35(47)44(29)19-24)34(46)42-53(48,49)36(3)11-12-36/h8,10,14-15,17,20-22,24,29H,6-7,9,11-13,16,18-19H2,1-5H3,(H,41,47)(H,42,46)/b10-8-/t22-,24+,29+,37-/m1/s1. The lowest BCUT2D eigenvalue weighted by Gasteiger charge is -2.30. The minimum atomic E-state index is -3.95. The number of aromatic nitrogens is 2. The average Bonchev–Trinajstić information content (AvgIpc) is 3.89. The topological polar surface area (TPSA) is 160 Å². The molecule has 0 unspecified atom stereocenters. The summed E-state index contributed by atoms with van der Waals surface area (Å²) in [5.74, 6) is -0.242. The van der Waals surface area contributed by atoms with E-state index < -0.39 is 50.3 Å².